The van der Waals surface area contributed by atoms with Gasteiger partial charge >= 0.3 is 5.97 Å². The van der Waals surface area contributed by atoms with Crippen molar-refractivity contribution in [1.29, 1.82) is 0 Å². The first-order valence-corrected chi connectivity index (χ1v) is 7.56. The zero-order valence-corrected chi connectivity index (χ0v) is 13.8. The first-order valence-electron chi connectivity index (χ1n) is 7.19. The van der Waals surface area contributed by atoms with Crippen LogP contribution in [0.4, 0.5) is 14.5 Å². The summed E-state index contributed by atoms with van der Waals surface area (Å²) in [4.78, 5) is 23.6. The summed E-state index contributed by atoms with van der Waals surface area (Å²) < 4.78 is 35.9. The first kappa shape index (κ1) is 18.7. The Hall–Kier alpha value is -2.67. The monoisotopic (exact) mass is 369 g/mol. The van der Waals surface area contributed by atoms with Gasteiger partial charge in [-0.15, -0.1) is 0 Å². The molecule has 0 saturated carbocycles. The van der Waals surface area contributed by atoms with Gasteiger partial charge < -0.3 is 14.8 Å². The molecule has 1 N–H and O–H groups in total. The molecule has 2 rings (SSSR count). The molecule has 0 aliphatic heterocycles. The minimum atomic E-state index is -1.10. The first-order chi connectivity index (χ1) is 11.8. The Balaban J connectivity index is 1.82. The van der Waals surface area contributed by atoms with E-state index >= 15 is 0 Å². The summed E-state index contributed by atoms with van der Waals surface area (Å²) in [7, 11) is 0. The quantitative estimate of drug-likeness (QED) is 0.791. The van der Waals surface area contributed by atoms with Crippen LogP contribution in [0.25, 0.3) is 0 Å². The predicted octanol–water partition coefficient (Wildman–Crippen LogP) is 3.57. The lowest BCUT2D eigenvalue weighted by atomic mass is 10.3. The fourth-order valence-corrected chi connectivity index (χ4v) is 1.96. The second kappa shape index (κ2) is 8.43. The van der Waals surface area contributed by atoms with Crippen LogP contribution < -0.4 is 10.1 Å². The number of halogens is 3. The average molecular weight is 370 g/mol. The van der Waals surface area contributed by atoms with E-state index in [0.29, 0.717) is 0 Å². The molecule has 0 unspecified atom stereocenters. The zero-order valence-electron chi connectivity index (χ0n) is 13.1. The second-order valence-corrected chi connectivity index (χ2v) is 5.40. The van der Waals surface area contributed by atoms with Crippen LogP contribution in [0.1, 0.15) is 6.92 Å². The van der Waals surface area contributed by atoms with Gasteiger partial charge in [0.25, 0.3) is 5.91 Å². The van der Waals surface area contributed by atoms with Gasteiger partial charge in [-0.2, -0.15) is 0 Å². The molecule has 0 saturated heterocycles. The molecule has 0 heterocycles. The molecule has 2 aromatic rings. The van der Waals surface area contributed by atoms with Crippen LogP contribution in [0.3, 0.4) is 0 Å². The normalized spacial score (nSPS) is 11.5. The second-order valence-electron chi connectivity index (χ2n) is 4.99. The van der Waals surface area contributed by atoms with E-state index in [9.17, 15) is 18.4 Å². The largest absolute Gasteiger partial charge is 0.482 e. The summed E-state index contributed by atoms with van der Waals surface area (Å²) >= 11 is 5.62. The van der Waals surface area contributed by atoms with Crippen molar-refractivity contribution in [3.8, 4) is 5.75 Å². The number of anilines is 1. The maximum Gasteiger partial charge on any atom is 0.344 e. The van der Waals surface area contributed by atoms with Crippen LogP contribution in [0.15, 0.2) is 42.5 Å². The number of rotatable bonds is 6. The van der Waals surface area contributed by atoms with E-state index in [2.05, 4.69) is 5.32 Å². The summed E-state index contributed by atoms with van der Waals surface area (Å²) in [5, 5.41) is 2.30. The molecular weight excluding hydrogens is 356 g/mol. The smallest absolute Gasteiger partial charge is 0.344 e. The molecule has 0 bridgehead atoms. The third-order valence-corrected chi connectivity index (χ3v) is 3.32. The molecule has 8 heteroatoms. The Morgan fingerprint density at radius 1 is 1.16 bits per heavy atom. The SMILES string of the molecule is C[C@H](OC(=O)COc1ccc(F)cc1)C(=O)Nc1ccc(F)c(Cl)c1. The zero-order chi connectivity index (χ0) is 18.4. The molecule has 1 atom stereocenters. The van der Waals surface area contributed by atoms with Gasteiger partial charge in [0.2, 0.25) is 0 Å². The van der Waals surface area contributed by atoms with Crippen molar-refractivity contribution in [3.63, 3.8) is 0 Å². The number of esters is 1. The molecule has 0 fully saturated rings. The van der Waals surface area contributed by atoms with E-state index in [-0.39, 0.29) is 16.5 Å². The van der Waals surface area contributed by atoms with Gasteiger partial charge in [-0.25, -0.2) is 13.6 Å². The number of benzene rings is 2. The summed E-state index contributed by atoms with van der Waals surface area (Å²) in [5.41, 5.74) is 0.266. The number of nitrogens with one attached hydrogen (secondary N) is 1. The molecule has 1 amide bonds. The van der Waals surface area contributed by atoms with E-state index in [0.717, 1.165) is 6.07 Å². The van der Waals surface area contributed by atoms with Gasteiger partial charge in [0, 0.05) is 5.69 Å². The third kappa shape index (κ3) is 5.72. The predicted molar refractivity (Wildman–Crippen MR) is 87.5 cm³/mol. The Morgan fingerprint density at radius 3 is 2.48 bits per heavy atom. The maximum atomic E-state index is 13.1. The number of carbonyl (C=O) groups is 2. The lowest BCUT2D eigenvalue weighted by Gasteiger charge is -2.14. The number of ether oxygens (including phenoxy) is 2. The summed E-state index contributed by atoms with van der Waals surface area (Å²) in [6.07, 6.45) is -1.10. The van der Waals surface area contributed by atoms with E-state index < -0.39 is 36.2 Å². The molecule has 0 aliphatic rings. The Morgan fingerprint density at radius 2 is 1.84 bits per heavy atom. The minimum Gasteiger partial charge on any atom is -0.482 e. The van der Waals surface area contributed by atoms with Gasteiger partial charge in [0.05, 0.1) is 5.02 Å². The van der Waals surface area contributed by atoms with Gasteiger partial charge in [0.15, 0.2) is 12.7 Å². The van der Waals surface area contributed by atoms with Crippen LogP contribution in [0.5, 0.6) is 5.75 Å². The van der Waals surface area contributed by atoms with Crippen LogP contribution in [-0.4, -0.2) is 24.6 Å². The average Bonchev–Trinajstić information content (AvgIpc) is 2.57. The number of hydrogen-bond donors (Lipinski definition) is 1. The Bertz CT molecular complexity index is 768. The molecule has 25 heavy (non-hydrogen) atoms. The van der Waals surface area contributed by atoms with Crippen LogP contribution in [0, 0.1) is 11.6 Å². The minimum absolute atomic E-state index is 0.143. The van der Waals surface area contributed by atoms with Crippen molar-refractivity contribution in [1.82, 2.24) is 0 Å². The summed E-state index contributed by atoms with van der Waals surface area (Å²) in [6, 6.07) is 8.75. The summed E-state index contributed by atoms with van der Waals surface area (Å²) in [5.74, 6) is -2.14. The van der Waals surface area contributed by atoms with Crippen molar-refractivity contribution >= 4 is 29.2 Å². The number of carbonyl (C=O) groups excluding carboxylic acids is 2. The Kier molecular flexibility index (Phi) is 6.30. The van der Waals surface area contributed by atoms with Crippen LogP contribution >= 0.6 is 11.6 Å². The van der Waals surface area contributed by atoms with Crippen molar-refractivity contribution in [2.24, 2.45) is 0 Å². The molecule has 0 aromatic heterocycles. The highest BCUT2D eigenvalue weighted by Gasteiger charge is 2.18. The highest BCUT2D eigenvalue weighted by Crippen LogP contribution is 2.19. The lowest BCUT2D eigenvalue weighted by Crippen LogP contribution is -2.31. The van der Waals surface area contributed by atoms with E-state index in [1.165, 1.54) is 43.3 Å². The number of hydrogen-bond acceptors (Lipinski definition) is 4. The standard InChI is InChI=1S/C17H14ClF2NO4/c1-10(17(23)21-12-4-7-15(20)14(18)8-12)25-16(22)9-24-13-5-2-11(19)3-6-13/h2-8,10H,9H2,1H3,(H,21,23)/t10-/m0/s1. The van der Waals surface area contributed by atoms with Gasteiger partial charge in [-0.05, 0) is 49.4 Å². The van der Waals surface area contributed by atoms with E-state index in [1.807, 2.05) is 0 Å². The van der Waals surface area contributed by atoms with Crippen molar-refractivity contribution in [2.45, 2.75) is 13.0 Å². The maximum absolute atomic E-state index is 13.1. The van der Waals surface area contributed by atoms with Crippen LogP contribution in [-0.2, 0) is 14.3 Å². The fraction of sp³-hybridized carbons (Fsp3) is 0.176. The summed E-state index contributed by atoms with van der Waals surface area (Å²) in [6.45, 7) is 0.932. The van der Waals surface area contributed by atoms with Crippen molar-refractivity contribution < 1.29 is 27.8 Å². The van der Waals surface area contributed by atoms with Gasteiger partial charge in [-0.3, -0.25) is 4.79 Å². The van der Waals surface area contributed by atoms with Crippen molar-refractivity contribution in [3.05, 3.63) is 59.1 Å². The van der Waals surface area contributed by atoms with Crippen LogP contribution in [0.2, 0.25) is 5.02 Å². The molecule has 132 valence electrons. The fourth-order valence-electron chi connectivity index (χ4n) is 1.78. The van der Waals surface area contributed by atoms with Crippen molar-refractivity contribution in [2.75, 3.05) is 11.9 Å². The molecular formula is C17H14ClF2NO4. The van der Waals surface area contributed by atoms with E-state index in [4.69, 9.17) is 21.1 Å². The van der Waals surface area contributed by atoms with Gasteiger partial charge in [0.1, 0.15) is 17.4 Å². The molecule has 5 nitrogen and oxygen atoms in total. The third-order valence-electron chi connectivity index (χ3n) is 3.03. The molecule has 0 aliphatic carbocycles. The lowest BCUT2D eigenvalue weighted by molar-refractivity contribution is -0.155. The van der Waals surface area contributed by atoms with E-state index in [1.54, 1.807) is 0 Å². The highest BCUT2D eigenvalue weighted by atomic mass is 35.5. The molecule has 0 spiro atoms. The number of amides is 1. The molecule has 2 aromatic carbocycles. The highest BCUT2D eigenvalue weighted by molar-refractivity contribution is 6.31. The van der Waals surface area contributed by atoms with Gasteiger partial charge in [-0.1, -0.05) is 11.6 Å². The Labute approximate surface area is 147 Å². The topological polar surface area (TPSA) is 64.6 Å². The molecule has 0 radical (unpaired) electrons.